The Kier molecular flexibility index (Phi) is 6.18. The Morgan fingerprint density at radius 3 is 2.42 bits per heavy atom. The van der Waals surface area contributed by atoms with E-state index in [-0.39, 0.29) is 25.0 Å². The van der Waals surface area contributed by atoms with Crippen LogP contribution in [-0.2, 0) is 16.0 Å². The first-order valence-corrected chi connectivity index (χ1v) is 11.1. The smallest absolute Gasteiger partial charge is 0.407 e. The number of carboxylic acids is 1. The van der Waals surface area contributed by atoms with Crippen molar-refractivity contribution in [1.82, 2.24) is 25.0 Å². The van der Waals surface area contributed by atoms with Crippen LogP contribution in [0.4, 0.5) is 4.79 Å². The SMILES string of the molecule is O=C(N[C@@H](Cc1cn(Oc2nccc(=O)[nH]2)cn1)C(=O)O)OCC1c2ccccc2-c2ccccc21. The number of fused-ring (bicyclic) bond motifs is 3. The normalized spacial score (nSPS) is 12.9. The molecular weight excluding hydrogens is 466 g/mol. The van der Waals surface area contributed by atoms with Crippen molar-refractivity contribution in [3.63, 3.8) is 0 Å². The van der Waals surface area contributed by atoms with Crippen LogP contribution in [0.25, 0.3) is 11.1 Å². The molecule has 0 saturated carbocycles. The van der Waals surface area contributed by atoms with Crippen LogP contribution in [-0.4, -0.2) is 49.5 Å². The van der Waals surface area contributed by atoms with Gasteiger partial charge in [-0.05, 0) is 22.3 Å². The number of aliphatic carboxylic acids is 1. The molecule has 3 N–H and O–H groups in total. The van der Waals surface area contributed by atoms with Gasteiger partial charge in [0, 0.05) is 24.6 Å². The van der Waals surface area contributed by atoms with Gasteiger partial charge in [0.15, 0.2) is 0 Å². The van der Waals surface area contributed by atoms with Crippen molar-refractivity contribution in [3.05, 3.63) is 100 Å². The molecule has 2 aromatic carbocycles. The average Bonchev–Trinajstić information content (AvgIpc) is 3.44. The fourth-order valence-electron chi connectivity index (χ4n) is 4.19. The molecule has 36 heavy (non-hydrogen) atoms. The quantitative estimate of drug-likeness (QED) is 0.343. The number of carbonyl (C=O) groups is 2. The zero-order chi connectivity index (χ0) is 25.1. The summed E-state index contributed by atoms with van der Waals surface area (Å²) in [6, 6.07) is 15.8. The van der Waals surface area contributed by atoms with E-state index in [1.807, 2.05) is 48.5 Å². The average molecular weight is 487 g/mol. The maximum absolute atomic E-state index is 12.5. The van der Waals surface area contributed by atoms with Crippen molar-refractivity contribution in [2.75, 3.05) is 6.61 Å². The fourth-order valence-corrected chi connectivity index (χ4v) is 4.19. The van der Waals surface area contributed by atoms with E-state index in [1.165, 1.54) is 29.5 Å². The lowest BCUT2D eigenvalue weighted by Gasteiger charge is -2.17. The van der Waals surface area contributed by atoms with E-state index < -0.39 is 23.7 Å². The van der Waals surface area contributed by atoms with Crippen LogP contribution in [0.5, 0.6) is 6.01 Å². The summed E-state index contributed by atoms with van der Waals surface area (Å²) < 4.78 is 6.61. The summed E-state index contributed by atoms with van der Waals surface area (Å²) in [4.78, 5) is 51.3. The topological polar surface area (TPSA) is 148 Å². The number of H-pyrrole nitrogens is 1. The maximum Gasteiger partial charge on any atom is 0.407 e. The highest BCUT2D eigenvalue weighted by Crippen LogP contribution is 2.44. The molecule has 4 aromatic rings. The lowest BCUT2D eigenvalue weighted by Crippen LogP contribution is -2.43. The first-order chi connectivity index (χ1) is 17.5. The van der Waals surface area contributed by atoms with Crippen LogP contribution in [0.1, 0.15) is 22.7 Å². The summed E-state index contributed by atoms with van der Waals surface area (Å²) in [5.74, 6) is -1.38. The van der Waals surface area contributed by atoms with Gasteiger partial charge >= 0.3 is 18.1 Å². The Hall–Kier alpha value is -4.93. The Morgan fingerprint density at radius 2 is 1.75 bits per heavy atom. The van der Waals surface area contributed by atoms with Crippen LogP contribution in [0.3, 0.4) is 0 Å². The lowest BCUT2D eigenvalue weighted by molar-refractivity contribution is -0.139. The molecule has 2 heterocycles. The number of aromatic nitrogens is 4. The summed E-state index contributed by atoms with van der Waals surface area (Å²) in [7, 11) is 0. The molecule has 0 fully saturated rings. The molecular formula is C25H21N5O6. The van der Waals surface area contributed by atoms with E-state index >= 15 is 0 Å². The molecule has 2 aromatic heterocycles. The van der Waals surface area contributed by atoms with E-state index in [1.54, 1.807) is 0 Å². The highest BCUT2D eigenvalue weighted by atomic mass is 16.7. The van der Waals surface area contributed by atoms with E-state index in [9.17, 15) is 19.5 Å². The first kappa shape index (κ1) is 22.8. The third kappa shape index (κ3) is 4.80. The highest BCUT2D eigenvalue weighted by molar-refractivity contribution is 5.81. The maximum atomic E-state index is 12.5. The number of nitrogens with zero attached hydrogens (tertiary/aromatic N) is 3. The van der Waals surface area contributed by atoms with Crippen LogP contribution in [0, 0.1) is 0 Å². The van der Waals surface area contributed by atoms with E-state index in [4.69, 9.17) is 9.57 Å². The molecule has 1 aliphatic carbocycles. The lowest BCUT2D eigenvalue weighted by atomic mass is 9.98. The molecule has 1 amide bonds. The van der Waals surface area contributed by atoms with Gasteiger partial charge in [-0.15, -0.1) is 0 Å². The van der Waals surface area contributed by atoms with Gasteiger partial charge in [0.1, 0.15) is 19.0 Å². The summed E-state index contributed by atoms with van der Waals surface area (Å²) in [5, 5.41) is 12.0. The summed E-state index contributed by atoms with van der Waals surface area (Å²) >= 11 is 0. The third-order valence-corrected chi connectivity index (χ3v) is 5.80. The van der Waals surface area contributed by atoms with Gasteiger partial charge in [0.25, 0.3) is 5.56 Å². The number of hydrogen-bond donors (Lipinski definition) is 3. The van der Waals surface area contributed by atoms with E-state index in [0.717, 1.165) is 22.3 Å². The number of benzene rings is 2. The van der Waals surface area contributed by atoms with Crippen molar-refractivity contribution in [2.24, 2.45) is 0 Å². The summed E-state index contributed by atoms with van der Waals surface area (Å²) in [6.45, 7) is 0.0664. The Balaban J connectivity index is 1.21. The van der Waals surface area contributed by atoms with Crippen LogP contribution >= 0.6 is 0 Å². The van der Waals surface area contributed by atoms with Crippen molar-refractivity contribution in [2.45, 2.75) is 18.4 Å². The highest BCUT2D eigenvalue weighted by Gasteiger charge is 2.30. The largest absolute Gasteiger partial charge is 0.480 e. The molecule has 0 saturated heterocycles. The van der Waals surface area contributed by atoms with Gasteiger partial charge in [0.2, 0.25) is 0 Å². The minimum absolute atomic E-state index is 0.0574. The number of rotatable bonds is 8. The van der Waals surface area contributed by atoms with Crippen molar-refractivity contribution in [3.8, 4) is 17.1 Å². The second kappa shape index (κ2) is 9.74. The second-order valence-corrected chi connectivity index (χ2v) is 8.12. The summed E-state index contributed by atoms with van der Waals surface area (Å²) in [5.41, 5.74) is 4.25. The van der Waals surface area contributed by atoms with Crippen molar-refractivity contribution < 1.29 is 24.3 Å². The van der Waals surface area contributed by atoms with Gasteiger partial charge in [0.05, 0.1) is 11.9 Å². The van der Waals surface area contributed by atoms with Gasteiger partial charge in [-0.2, -0.15) is 4.73 Å². The zero-order valence-corrected chi connectivity index (χ0v) is 18.8. The zero-order valence-electron chi connectivity index (χ0n) is 18.8. The number of amides is 1. The van der Waals surface area contributed by atoms with Crippen LogP contribution in [0.2, 0.25) is 0 Å². The van der Waals surface area contributed by atoms with Crippen LogP contribution < -0.4 is 15.7 Å². The predicted molar refractivity (Wildman–Crippen MR) is 126 cm³/mol. The monoisotopic (exact) mass is 487 g/mol. The molecule has 11 nitrogen and oxygen atoms in total. The number of imidazole rings is 1. The van der Waals surface area contributed by atoms with Gasteiger partial charge < -0.3 is 20.0 Å². The number of carbonyl (C=O) groups excluding carboxylic acids is 1. The van der Waals surface area contributed by atoms with Crippen molar-refractivity contribution >= 4 is 12.1 Å². The standard InChI is InChI=1S/C25H21N5O6/c31-22-9-10-26-24(29-22)36-30-12-15(27-14-30)11-21(23(32)33)28-25(34)35-13-20-18-7-3-1-5-16(18)17-6-2-4-8-19(17)20/h1-10,12,14,20-21H,11,13H2,(H,28,34)(H,32,33)(H,26,29,31)/t21-/m0/s1. The number of nitrogens with one attached hydrogen (secondary N) is 2. The number of hydrogen-bond acceptors (Lipinski definition) is 7. The molecule has 1 aliphatic rings. The molecule has 11 heteroatoms. The number of ether oxygens (including phenoxy) is 1. The molecule has 0 spiro atoms. The molecule has 0 radical (unpaired) electrons. The third-order valence-electron chi connectivity index (χ3n) is 5.80. The Labute approximate surface area is 204 Å². The molecule has 182 valence electrons. The van der Waals surface area contributed by atoms with Crippen LogP contribution in [0.15, 0.2) is 78.1 Å². The van der Waals surface area contributed by atoms with Gasteiger partial charge in [-0.3, -0.25) is 9.78 Å². The first-order valence-electron chi connectivity index (χ1n) is 11.1. The Morgan fingerprint density at radius 1 is 1.06 bits per heavy atom. The minimum Gasteiger partial charge on any atom is -0.480 e. The van der Waals surface area contributed by atoms with E-state index in [2.05, 4.69) is 20.3 Å². The van der Waals surface area contributed by atoms with Gasteiger partial charge in [-0.25, -0.2) is 19.6 Å². The number of alkyl carbamates (subject to hydrolysis) is 1. The number of carboxylic acid groups (broad SMARTS) is 1. The van der Waals surface area contributed by atoms with Crippen molar-refractivity contribution in [1.29, 1.82) is 0 Å². The Bertz CT molecular complexity index is 1430. The second-order valence-electron chi connectivity index (χ2n) is 8.12. The molecule has 0 bridgehead atoms. The minimum atomic E-state index is -1.28. The molecule has 1 atom stereocenters. The van der Waals surface area contributed by atoms with Gasteiger partial charge in [-0.1, -0.05) is 48.5 Å². The van der Waals surface area contributed by atoms with E-state index in [0.29, 0.717) is 5.69 Å². The fraction of sp³-hybridized carbons (Fsp3) is 0.160. The summed E-state index contributed by atoms with van der Waals surface area (Å²) in [6.07, 6.45) is 3.03. The number of aromatic amines is 1. The molecule has 0 unspecified atom stereocenters. The molecule has 5 rings (SSSR count). The predicted octanol–water partition coefficient (Wildman–Crippen LogP) is 2.34. The molecule has 0 aliphatic heterocycles.